The fourth-order valence-corrected chi connectivity index (χ4v) is 3.23. The van der Waals surface area contributed by atoms with Crippen molar-refractivity contribution >= 4 is 5.91 Å². The molecular weight excluding hydrogens is 238 g/mol. The maximum atomic E-state index is 11.9. The van der Waals surface area contributed by atoms with Gasteiger partial charge in [0.1, 0.15) is 0 Å². The summed E-state index contributed by atoms with van der Waals surface area (Å²) >= 11 is 0. The van der Waals surface area contributed by atoms with Crippen LogP contribution in [0.3, 0.4) is 0 Å². The molecule has 2 rings (SSSR count). The molecule has 0 spiro atoms. The van der Waals surface area contributed by atoms with Crippen molar-refractivity contribution in [1.29, 1.82) is 0 Å². The van der Waals surface area contributed by atoms with E-state index in [4.69, 9.17) is 0 Å². The Bertz CT molecular complexity index is 279. The lowest BCUT2D eigenvalue weighted by molar-refractivity contribution is -0.134. The molecule has 1 amide bonds. The summed E-state index contributed by atoms with van der Waals surface area (Å²) in [7, 11) is 3.73. The largest absolute Gasteiger partial charge is 0.349 e. The lowest BCUT2D eigenvalue weighted by atomic mass is 9.95. The van der Waals surface area contributed by atoms with Crippen LogP contribution >= 0.6 is 0 Å². The minimum atomic E-state index is 0.265. The van der Waals surface area contributed by atoms with Crippen LogP contribution in [-0.2, 0) is 4.79 Å². The van der Waals surface area contributed by atoms with Crippen LogP contribution in [0, 0.1) is 5.92 Å². The van der Waals surface area contributed by atoms with Gasteiger partial charge in [0.15, 0.2) is 0 Å². The smallest absolute Gasteiger partial charge is 0.225 e. The number of hydrogen-bond acceptors (Lipinski definition) is 3. The molecule has 0 aliphatic carbocycles. The molecule has 2 aliphatic heterocycles. The lowest BCUT2D eigenvalue weighted by Gasteiger charge is -2.34. The standard InChI is InChI=1S/C15H29N3O/c1-16(2)15(19)14-6-10-18(11-7-14)13-12-17-8-4-3-5-9-17/h14H,3-13H2,1-2H3. The Hall–Kier alpha value is -0.610. The third-order valence-corrected chi connectivity index (χ3v) is 4.56. The van der Waals surface area contributed by atoms with Crippen molar-refractivity contribution in [3.63, 3.8) is 0 Å². The molecule has 2 saturated heterocycles. The summed E-state index contributed by atoms with van der Waals surface area (Å²) < 4.78 is 0. The first-order valence-corrected chi connectivity index (χ1v) is 7.82. The molecule has 110 valence electrons. The van der Waals surface area contributed by atoms with Crippen molar-refractivity contribution in [3.05, 3.63) is 0 Å². The van der Waals surface area contributed by atoms with E-state index < -0.39 is 0 Å². The third-order valence-electron chi connectivity index (χ3n) is 4.56. The number of amides is 1. The van der Waals surface area contributed by atoms with E-state index in [0.717, 1.165) is 25.9 Å². The molecule has 19 heavy (non-hydrogen) atoms. The Kier molecular flexibility index (Phi) is 5.64. The van der Waals surface area contributed by atoms with Gasteiger partial charge in [0, 0.05) is 33.1 Å². The van der Waals surface area contributed by atoms with Crippen LogP contribution in [0.1, 0.15) is 32.1 Å². The van der Waals surface area contributed by atoms with Gasteiger partial charge in [-0.1, -0.05) is 6.42 Å². The highest BCUT2D eigenvalue weighted by atomic mass is 16.2. The minimum absolute atomic E-state index is 0.265. The predicted molar refractivity (Wildman–Crippen MR) is 78.1 cm³/mol. The van der Waals surface area contributed by atoms with E-state index in [1.54, 1.807) is 4.90 Å². The average Bonchev–Trinajstić information content (AvgIpc) is 2.46. The number of rotatable bonds is 4. The van der Waals surface area contributed by atoms with Gasteiger partial charge in [-0.25, -0.2) is 0 Å². The van der Waals surface area contributed by atoms with E-state index in [1.807, 2.05) is 14.1 Å². The highest BCUT2D eigenvalue weighted by Crippen LogP contribution is 2.19. The quantitative estimate of drug-likeness (QED) is 0.767. The number of piperidine rings is 2. The fraction of sp³-hybridized carbons (Fsp3) is 0.933. The summed E-state index contributed by atoms with van der Waals surface area (Å²) in [5.41, 5.74) is 0. The highest BCUT2D eigenvalue weighted by Gasteiger charge is 2.26. The van der Waals surface area contributed by atoms with E-state index in [-0.39, 0.29) is 5.92 Å². The zero-order valence-corrected chi connectivity index (χ0v) is 12.6. The van der Waals surface area contributed by atoms with Crippen LogP contribution < -0.4 is 0 Å². The van der Waals surface area contributed by atoms with Gasteiger partial charge in [-0.2, -0.15) is 0 Å². The van der Waals surface area contributed by atoms with Crippen LogP contribution in [-0.4, -0.2) is 74.0 Å². The first kappa shape index (κ1) is 14.8. The minimum Gasteiger partial charge on any atom is -0.349 e. The number of likely N-dealkylation sites (tertiary alicyclic amines) is 2. The normalized spacial score (nSPS) is 23.5. The number of carbonyl (C=O) groups is 1. The molecule has 0 aromatic carbocycles. The SMILES string of the molecule is CN(C)C(=O)C1CCN(CCN2CCCCC2)CC1. The topological polar surface area (TPSA) is 26.8 Å². The van der Waals surface area contributed by atoms with Crippen LogP contribution in [0.5, 0.6) is 0 Å². The first-order valence-electron chi connectivity index (χ1n) is 7.82. The van der Waals surface area contributed by atoms with Gasteiger partial charge < -0.3 is 14.7 Å². The molecule has 2 heterocycles. The summed E-state index contributed by atoms with van der Waals surface area (Å²) in [6.45, 7) is 7.16. The van der Waals surface area contributed by atoms with E-state index in [1.165, 1.54) is 45.4 Å². The number of carbonyl (C=O) groups excluding carboxylic acids is 1. The van der Waals surface area contributed by atoms with Crippen molar-refractivity contribution < 1.29 is 4.79 Å². The van der Waals surface area contributed by atoms with Crippen molar-refractivity contribution in [2.45, 2.75) is 32.1 Å². The molecule has 0 saturated carbocycles. The van der Waals surface area contributed by atoms with E-state index in [9.17, 15) is 4.79 Å². The second-order valence-electron chi connectivity index (χ2n) is 6.25. The first-order chi connectivity index (χ1) is 9.16. The molecule has 0 radical (unpaired) electrons. The molecule has 0 N–H and O–H groups in total. The van der Waals surface area contributed by atoms with Crippen molar-refractivity contribution in [2.24, 2.45) is 5.92 Å². The Morgan fingerprint density at radius 2 is 1.47 bits per heavy atom. The lowest BCUT2D eigenvalue weighted by Crippen LogP contribution is -2.43. The van der Waals surface area contributed by atoms with Gasteiger partial charge in [0.25, 0.3) is 0 Å². The molecule has 0 aromatic rings. The van der Waals surface area contributed by atoms with Gasteiger partial charge in [-0.3, -0.25) is 4.79 Å². The second kappa shape index (κ2) is 7.25. The predicted octanol–water partition coefficient (Wildman–Crippen LogP) is 1.27. The summed E-state index contributed by atoms with van der Waals surface area (Å²) in [6, 6.07) is 0. The summed E-state index contributed by atoms with van der Waals surface area (Å²) in [5.74, 6) is 0.580. The monoisotopic (exact) mass is 267 g/mol. The maximum absolute atomic E-state index is 11.9. The Balaban J connectivity index is 1.64. The maximum Gasteiger partial charge on any atom is 0.225 e. The molecule has 0 atom stereocenters. The van der Waals surface area contributed by atoms with Crippen LogP contribution in [0.4, 0.5) is 0 Å². The van der Waals surface area contributed by atoms with E-state index in [0.29, 0.717) is 5.91 Å². The second-order valence-corrected chi connectivity index (χ2v) is 6.25. The fourth-order valence-electron chi connectivity index (χ4n) is 3.23. The van der Waals surface area contributed by atoms with Gasteiger partial charge in [0.2, 0.25) is 5.91 Å². The van der Waals surface area contributed by atoms with E-state index in [2.05, 4.69) is 9.80 Å². The molecule has 0 unspecified atom stereocenters. The molecule has 4 nitrogen and oxygen atoms in total. The van der Waals surface area contributed by atoms with Crippen LogP contribution in [0.15, 0.2) is 0 Å². The zero-order chi connectivity index (χ0) is 13.7. The number of hydrogen-bond donors (Lipinski definition) is 0. The van der Waals surface area contributed by atoms with Crippen LogP contribution in [0.2, 0.25) is 0 Å². The molecule has 2 aliphatic rings. The Labute approximate surface area is 117 Å². The molecule has 4 heteroatoms. The zero-order valence-electron chi connectivity index (χ0n) is 12.6. The summed E-state index contributed by atoms with van der Waals surface area (Å²) in [4.78, 5) is 18.8. The Morgan fingerprint density at radius 3 is 2.00 bits per heavy atom. The van der Waals surface area contributed by atoms with Crippen LogP contribution in [0.25, 0.3) is 0 Å². The van der Waals surface area contributed by atoms with Gasteiger partial charge >= 0.3 is 0 Å². The van der Waals surface area contributed by atoms with Crippen molar-refractivity contribution in [1.82, 2.24) is 14.7 Å². The van der Waals surface area contributed by atoms with Crippen molar-refractivity contribution in [3.8, 4) is 0 Å². The highest BCUT2D eigenvalue weighted by molar-refractivity contribution is 5.78. The van der Waals surface area contributed by atoms with Gasteiger partial charge in [-0.05, 0) is 51.9 Å². The summed E-state index contributed by atoms with van der Waals surface area (Å²) in [6.07, 6.45) is 6.24. The molecule has 0 aromatic heterocycles. The molecule has 2 fully saturated rings. The summed E-state index contributed by atoms with van der Waals surface area (Å²) in [5, 5.41) is 0. The molecular formula is C15H29N3O. The number of nitrogens with zero attached hydrogens (tertiary/aromatic N) is 3. The van der Waals surface area contributed by atoms with Crippen molar-refractivity contribution in [2.75, 3.05) is 53.4 Å². The third kappa shape index (κ3) is 4.46. The van der Waals surface area contributed by atoms with Gasteiger partial charge in [0.05, 0.1) is 0 Å². The average molecular weight is 267 g/mol. The Morgan fingerprint density at radius 1 is 0.947 bits per heavy atom. The molecule has 0 bridgehead atoms. The van der Waals surface area contributed by atoms with E-state index >= 15 is 0 Å². The van der Waals surface area contributed by atoms with Gasteiger partial charge in [-0.15, -0.1) is 0 Å².